The number of nitro groups is 1. The van der Waals surface area contributed by atoms with Gasteiger partial charge in [-0.1, -0.05) is 11.6 Å². The van der Waals surface area contributed by atoms with Gasteiger partial charge in [0.2, 0.25) is 5.82 Å². The van der Waals surface area contributed by atoms with Crippen molar-refractivity contribution in [1.82, 2.24) is 9.97 Å². The smallest absolute Gasteiger partial charge is 0.311 e. The molecule has 0 radical (unpaired) electrons. The molecule has 0 aliphatic heterocycles. The quantitative estimate of drug-likeness (QED) is 0.526. The van der Waals surface area contributed by atoms with Gasteiger partial charge in [-0.3, -0.25) is 10.1 Å². The molecular weight excluding hydrogens is 300 g/mol. The van der Waals surface area contributed by atoms with Crippen molar-refractivity contribution in [1.29, 1.82) is 0 Å². The van der Waals surface area contributed by atoms with Crippen LogP contribution in [0.5, 0.6) is 0 Å². The Balaban J connectivity index is 2.32. The zero-order chi connectivity index (χ0) is 14.9. The second-order valence-electron chi connectivity index (χ2n) is 4.31. The third-order valence-electron chi connectivity index (χ3n) is 2.72. The highest BCUT2D eigenvalue weighted by atomic mass is 35.5. The van der Waals surface area contributed by atoms with Crippen LogP contribution in [-0.2, 0) is 0 Å². The Bertz CT molecular complexity index is 659. The molecule has 106 valence electrons. The lowest BCUT2D eigenvalue weighted by Crippen LogP contribution is -2.09. The van der Waals surface area contributed by atoms with Gasteiger partial charge in [-0.05, 0) is 26.8 Å². The molecule has 0 aliphatic carbocycles. The standard InChI is InChI=1S/C12H13ClN4O2S/c1-6-11(20-8(3)14-6)7(2)15-12-9(17(18)19)4-5-10(13)16-12/h4-5,7H,1-3H3,(H,15,16). The van der Waals surface area contributed by atoms with Crippen LogP contribution in [0.2, 0.25) is 5.15 Å². The summed E-state index contributed by atoms with van der Waals surface area (Å²) in [6.45, 7) is 5.75. The van der Waals surface area contributed by atoms with Crippen LogP contribution >= 0.6 is 22.9 Å². The molecule has 8 heteroatoms. The lowest BCUT2D eigenvalue weighted by atomic mass is 10.2. The maximum atomic E-state index is 11.0. The van der Waals surface area contributed by atoms with Crippen molar-refractivity contribution in [3.63, 3.8) is 0 Å². The van der Waals surface area contributed by atoms with E-state index >= 15 is 0 Å². The van der Waals surface area contributed by atoms with Gasteiger partial charge in [-0.25, -0.2) is 9.97 Å². The molecule has 1 N–H and O–H groups in total. The number of nitrogens with one attached hydrogen (secondary N) is 1. The number of aryl methyl sites for hydroxylation is 2. The first kappa shape index (κ1) is 14.7. The Morgan fingerprint density at radius 2 is 2.10 bits per heavy atom. The molecule has 2 rings (SSSR count). The number of hydrogen-bond donors (Lipinski definition) is 1. The monoisotopic (exact) mass is 312 g/mol. The fourth-order valence-electron chi connectivity index (χ4n) is 1.90. The summed E-state index contributed by atoms with van der Waals surface area (Å²) < 4.78 is 0. The number of anilines is 1. The predicted octanol–water partition coefficient (Wildman–Crippen LogP) is 3.89. The lowest BCUT2D eigenvalue weighted by molar-refractivity contribution is -0.384. The summed E-state index contributed by atoms with van der Waals surface area (Å²) in [4.78, 5) is 19.9. The average Bonchev–Trinajstić information content (AvgIpc) is 2.68. The van der Waals surface area contributed by atoms with E-state index in [4.69, 9.17) is 11.6 Å². The number of halogens is 1. The summed E-state index contributed by atoms with van der Waals surface area (Å²) in [5.74, 6) is 0.167. The molecule has 0 saturated heterocycles. The zero-order valence-corrected chi connectivity index (χ0v) is 12.7. The Kier molecular flexibility index (Phi) is 4.20. The minimum atomic E-state index is -0.483. The van der Waals surface area contributed by atoms with Crippen molar-refractivity contribution in [2.75, 3.05) is 5.32 Å². The minimum Gasteiger partial charge on any atom is -0.357 e. The van der Waals surface area contributed by atoms with Gasteiger partial charge in [0, 0.05) is 10.9 Å². The van der Waals surface area contributed by atoms with Crippen molar-refractivity contribution < 1.29 is 4.92 Å². The van der Waals surface area contributed by atoms with Gasteiger partial charge in [0.15, 0.2) is 0 Å². The molecule has 1 atom stereocenters. The lowest BCUT2D eigenvalue weighted by Gasteiger charge is -2.13. The largest absolute Gasteiger partial charge is 0.357 e. The molecule has 0 saturated carbocycles. The van der Waals surface area contributed by atoms with E-state index < -0.39 is 4.92 Å². The van der Waals surface area contributed by atoms with Crippen LogP contribution in [0, 0.1) is 24.0 Å². The third-order valence-corrected chi connectivity index (χ3v) is 4.19. The maximum Gasteiger partial charge on any atom is 0.311 e. The third kappa shape index (κ3) is 3.05. The molecule has 0 aliphatic rings. The summed E-state index contributed by atoms with van der Waals surface area (Å²) in [5, 5.41) is 15.2. The molecule has 2 aromatic heterocycles. The van der Waals surface area contributed by atoms with Gasteiger partial charge in [0.25, 0.3) is 0 Å². The molecule has 1 unspecified atom stereocenters. The van der Waals surface area contributed by atoms with Crippen molar-refractivity contribution in [3.05, 3.63) is 43.0 Å². The first-order chi connectivity index (χ1) is 9.38. The molecule has 6 nitrogen and oxygen atoms in total. The number of thiazole rings is 1. The van der Waals surface area contributed by atoms with Crippen LogP contribution < -0.4 is 5.32 Å². The second-order valence-corrected chi connectivity index (χ2v) is 5.93. The Morgan fingerprint density at radius 1 is 1.40 bits per heavy atom. The molecule has 20 heavy (non-hydrogen) atoms. The Labute approximate surface area is 125 Å². The highest BCUT2D eigenvalue weighted by Gasteiger charge is 2.20. The Morgan fingerprint density at radius 3 is 2.65 bits per heavy atom. The van der Waals surface area contributed by atoms with E-state index in [2.05, 4.69) is 15.3 Å². The first-order valence-corrected chi connectivity index (χ1v) is 7.09. The van der Waals surface area contributed by atoms with E-state index in [-0.39, 0.29) is 22.7 Å². The normalized spacial score (nSPS) is 12.2. The second kappa shape index (κ2) is 5.72. The molecule has 0 spiro atoms. The average molecular weight is 313 g/mol. The van der Waals surface area contributed by atoms with Crippen molar-refractivity contribution >= 4 is 34.4 Å². The molecule has 2 aromatic rings. The topological polar surface area (TPSA) is 81.0 Å². The predicted molar refractivity (Wildman–Crippen MR) is 79.5 cm³/mol. The van der Waals surface area contributed by atoms with Gasteiger partial charge >= 0.3 is 5.69 Å². The van der Waals surface area contributed by atoms with Gasteiger partial charge in [-0.15, -0.1) is 11.3 Å². The van der Waals surface area contributed by atoms with Crippen molar-refractivity contribution in [2.45, 2.75) is 26.8 Å². The summed E-state index contributed by atoms with van der Waals surface area (Å²) in [7, 11) is 0. The first-order valence-electron chi connectivity index (χ1n) is 5.90. The summed E-state index contributed by atoms with van der Waals surface area (Å²) in [6.07, 6.45) is 0. The summed E-state index contributed by atoms with van der Waals surface area (Å²) in [5.41, 5.74) is 0.817. The molecule has 2 heterocycles. The van der Waals surface area contributed by atoms with Gasteiger partial charge in [-0.2, -0.15) is 0 Å². The fourth-order valence-corrected chi connectivity index (χ4v) is 2.98. The van der Waals surface area contributed by atoms with Crippen LogP contribution in [0.3, 0.4) is 0 Å². The van der Waals surface area contributed by atoms with E-state index in [0.717, 1.165) is 15.6 Å². The van der Waals surface area contributed by atoms with Gasteiger partial charge < -0.3 is 5.32 Å². The minimum absolute atomic E-state index is 0.0971. The Hall–Kier alpha value is -1.73. The maximum absolute atomic E-state index is 11.0. The SMILES string of the molecule is Cc1nc(C)c(C(C)Nc2nc(Cl)ccc2[N+](=O)[O-])s1. The highest BCUT2D eigenvalue weighted by Crippen LogP contribution is 2.31. The van der Waals surface area contributed by atoms with E-state index in [0.29, 0.717) is 0 Å². The zero-order valence-electron chi connectivity index (χ0n) is 11.2. The fraction of sp³-hybridized carbons (Fsp3) is 0.333. The van der Waals surface area contributed by atoms with E-state index in [9.17, 15) is 10.1 Å². The van der Waals surface area contributed by atoms with Crippen LogP contribution in [0.15, 0.2) is 12.1 Å². The summed E-state index contributed by atoms with van der Waals surface area (Å²) >= 11 is 7.36. The number of pyridine rings is 1. The number of hydrogen-bond acceptors (Lipinski definition) is 6. The van der Waals surface area contributed by atoms with Crippen LogP contribution in [0.1, 0.15) is 28.5 Å². The molecular formula is C12H13ClN4O2S. The van der Waals surface area contributed by atoms with E-state index in [1.165, 1.54) is 12.1 Å². The summed E-state index contributed by atoms with van der Waals surface area (Å²) in [6, 6.07) is 2.61. The highest BCUT2D eigenvalue weighted by molar-refractivity contribution is 7.11. The van der Waals surface area contributed by atoms with Crippen LogP contribution in [-0.4, -0.2) is 14.9 Å². The number of rotatable bonds is 4. The van der Waals surface area contributed by atoms with E-state index in [1.807, 2.05) is 20.8 Å². The van der Waals surface area contributed by atoms with Crippen molar-refractivity contribution in [3.8, 4) is 0 Å². The molecule has 0 bridgehead atoms. The number of aromatic nitrogens is 2. The van der Waals surface area contributed by atoms with Crippen LogP contribution in [0.25, 0.3) is 0 Å². The molecule has 0 amide bonds. The molecule has 0 fully saturated rings. The van der Waals surface area contributed by atoms with E-state index in [1.54, 1.807) is 11.3 Å². The van der Waals surface area contributed by atoms with Gasteiger partial charge in [0.1, 0.15) is 5.15 Å². The van der Waals surface area contributed by atoms with Gasteiger partial charge in [0.05, 0.1) is 21.7 Å². The number of nitrogens with zero attached hydrogens (tertiary/aromatic N) is 3. The van der Waals surface area contributed by atoms with Crippen LogP contribution in [0.4, 0.5) is 11.5 Å². The molecule has 0 aromatic carbocycles. The van der Waals surface area contributed by atoms with Crippen molar-refractivity contribution in [2.24, 2.45) is 0 Å².